The van der Waals surface area contributed by atoms with Crippen LogP contribution in [-0.2, 0) is 6.42 Å². The summed E-state index contributed by atoms with van der Waals surface area (Å²) < 4.78 is 0. The zero-order valence-electron chi connectivity index (χ0n) is 14.0. The predicted octanol–water partition coefficient (Wildman–Crippen LogP) is 5.98. The summed E-state index contributed by atoms with van der Waals surface area (Å²) in [6.07, 6.45) is 3.26. The van der Waals surface area contributed by atoms with Crippen molar-refractivity contribution in [3.05, 3.63) is 33.8 Å². The molecule has 0 saturated heterocycles. The number of benzene rings is 1. The van der Waals surface area contributed by atoms with Crippen molar-refractivity contribution in [2.45, 2.75) is 59.9 Å². The van der Waals surface area contributed by atoms with Crippen LogP contribution in [0.3, 0.4) is 0 Å². The molecule has 0 amide bonds. The van der Waals surface area contributed by atoms with Crippen molar-refractivity contribution in [1.29, 1.82) is 0 Å². The van der Waals surface area contributed by atoms with Crippen LogP contribution in [-0.4, -0.2) is 12.6 Å². The van der Waals surface area contributed by atoms with Crippen LogP contribution in [0.2, 0.25) is 10.0 Å². The molecule has 1 nitrogen and oxygen atoms in total. The summed E-state index contributed by atoms with van der Waals surface area (Å²) in [5, 5.41) is 5.14. The van der Waals surface area contributed by atoms with Crippen LogP contribution in [0.15, 0.2) is 18.2 Å². The Kier molecular flexibility index (Phi) is 7.53. The van der Waals surface area contributed by atoms with Gasteiger partial charge in [-0.3, -0.25) is 0 Å². The summed E-state index contributed by atoms with van der Waals surface area (Å²) in [7, 11) is 0. The molecule has 0 aliphatic rings. The molecule has 1 aromatic carbocycles. The van der Waals surface area contributed by atoms with Gasteiger partial charge >= 0.3 is 0 Å². The Morgan fingerprint density at radius 3 is 2.38 bits per heavy atom. The molecule has 0 fully saturated rings. The van der Waals surface area contributed by atoms with Gasteiger partial charge in [-0.1, -0.05) is 63.9 Å². The normalized spacial score (nSPS) is 15.0. The van der Waals surface area contributed by atoms with E-state index in [1.54, 1.807) is 0 Å². The fraction of sp³-hybridized carbons (Fsp3) is 0.667. The van der Waals surface area contributed by atoms with Crippen LogP contribution in [0.4, 0.5) is 0 Å². The van der Waals surface area contributed by atoms with E-state index in [1.807, 2.05) is 18.2 Å². The molecule has 0 radical (unpaired) electrons. The van der Waals surface area contributed by atoms with Crippen molar-refractivity contribution in [2.75, 3.05) is 6.54 Å². The topological polar surface area (TPSA) is 12.0 Å². The van der Waals surface area contributed by atoms with Crippen LogP contribution in [0.1, 0.15) is 53.0 Å². The van der Waals surface area contributed by atoms with Crippen molar-refractivity contribution < 1.29 is 0 Å². The van der Waals surface area contributed by atoms with Gasteiger partial charge in [0.15, 0.2) is 0 Å². The third kappa shape index (κ3) is 6.59. The number of hydrogen-bond donors (Lipinski definition) is 1. The molecule has 2 unspecified atom stereocenters. The van der Waals surface area contributed by atoms with Crippen molar-refractivity contribution in [3.8, 4) is 0 Å². The van der Waals surface area contributed by atoms with Gasteiger partial charge in [-0.25, -0.2) is 0 Å². The van der Waals surface area contributed by atoms with Gasteiger partial charge in [0.05, 0.1) is 0 Å². The maximum absolute atomic E-state index is 6.32. The molecule has 3 heteroatoms. The molecular weight excluding hydrogens is 301 g/mol. The Balaban J connectivity index is 2.77. The SMILES string of the molecule is CCCNC(Cc1ccc(Cl)cc1Cl)CC(C)C(C)(C)C. The van der Waals surface area contributed by atoms with E-state index in [1.165, 1.54) is 5.56 Å². The highest BCUT2D eigenvalue weighted by molar-refractivity contribution is 6.35. The largest absolute Gasteiger partial charge is 0.314 e. The zero-order chi connectivity index (χ0) is 16.0. The third-order valence-electron chi connectivity index (χ3n) is 4.28. The van der Waals surface area contributed by atoms with E-state index in [0.29, 0.717) is 22.4 Å². The summed E-state index contributed by atoms with van der Waals surface area (Å²) in [6.45, 7) is 12.5. The Morgan fingerprint density at radius 2 is 1.86 bits per heavy atom. The fourth-order valence-corrected chi connectivity index (χ4v) is 2.81. The third-order valence-corrected chi connectivity index (χ3v) is 4.87. The van der Waals surface area contributed by atoms with Crippen LogP contribution in [0.25, 0.3) is 0 Å². The van der Waals surface area contributed by atoms with Gasteiger partial charge < -0.3 is 5.32 Å². The minimum absolute atomic E-state index is 0.329. The first-order chi connectivity index (χ1) is 9.74. The molecule has 0 bridgehead atoms. The molecular formula is C18H29Cl2N. The monoisotopic (exact) mass is 329 g/mol. The second-order valence-electron chi connectivity index (χ2n) is 7.09. The van der Waals surface area contributed by atoms with Gasteiger partial charge in [0, 0.05) is 16.1 Å². The minimum Gasteiger partial charge on any atom is -0.314 e. The van der Waals surface area contributed by atoms with E-state index >= 15 is 0 Å². The summed E-state index contributed by atoms with van der Waals surface area (Å²) >= 11 is 12.3. The Morgan fingerprint density at radius 1 is 1.19 bits per heavy atom. The first-order valence-electron chi connectivity index (χ1n) is 7.91. The van der Waals surface area contributed by atoms with E-state index in [0.717, 1.165) is 30.8 Å². The van der Waals surface area contributed by atoms with E-state index in [-0.39, 0.29) is 0 Å². The average Bonchev–Trinajstić information content (AvgIpc) is 2.37. The predicted molar refractivity (Wildman–Crippen MR) is 95.5 cm³/mol. The summed E-state index contributed by atoms with van der Waals surface area (Å²) in [4.78, 5) is 0. The molecule has 0 heterocycles. The first-order valence-corrected chi connectivity index (χ1v) is 8.67. The highest BCUT2D eigenvalue weighted by atomic mass is 35.5. The number of rotatable bonds is 7. The number of hydrogen-bond acceptors (Lipinski definition) is 1. The van der Waals surface area contributed by atoms with Crippen LogP contribution in [0.5, 0.6) is 0 Å². The Hall–Kier alpha value is -0.240. The molecule has 0 aromatic heterocycles. The van der Waals surface area contributed by atoms with Gasteiger partial charge in [-0.2, -0.15) is 0 Å². The van der Waals surface area contributed by atoms with Crippen LogP contribution in [0, 0.1) is 11.3 Å². The number of halogens is 2. The molecule has 21 heavy (non-hydrogen) atoms. The smallest absolute Gasteiger partial charge is 0.0453 e. The summed E-state index contributed by atoms with van der Waals surface area (Å²) in [5.41, 5.74) is 1.51. The van der Waals surface area contributed by atoms with Crippen LogP contribution < -0.4 is 5.32 Å². The van der Waals surface area contributed by atoms with E-state index in [4.69, 9.17) is 23.2 Å². The molecule has 0 aliphatic heterocycles. The molecule has 1 aromatic rings. The average molecular weight is 330 g/mol. The van der Waals surface area contributed by atoms with Crippen molar-refractivity contribution in [3.63, 3.8) is 0 Å². The van der Waals surface area contributed by atoms with Crippen molar-refractivity contribution in [2.24, 2.45) is 11.3 Å². The summed E-state index contributed by atoms with van der Waals surface area (Å²) in [5.74, 6) is 0.651. The molecule has 1 N–H and O–H groups in total. The summed E-state index contributed by atoms with van der Waals surface area (Å²) in [6, 6.07) is 6.26. The Bertz CT molecular complexity index is 437. The lowest BCUT2D eigenvalue weighted by Gasteiger charge is -2.31. The minimum atomic E-state index is 0.329. The molecule has 0 spiro atoms. The quantitative estimate of drug-likeness (QED) is 0.649. The Labute approximate surface area is 140 Å². The molecule has 1 rings (SSSR count). The molecule has 2 atom stereocenters. The van der Waals surface area contributed by atoms with Gasteiger partial charge in [0.1, 0.15) is 0 Å². The van der Waals surface area contributed by atoms with Crippen molar-refractivity contribution in [1.82, 2.24) is 5.32 Å². The second-order valence-corrected chi connectivity index (χ2v) is 7.94. The standard InChI is InChI=1S/C18H29Cl2N/c1-6-9-21-16(10-13(2)18(3,4)5)11-14-7-8-15(19)12-17(14)20/h7-8,12-13,16,21H,6,9-11H2,1-5H3. The van der Waals surface area contributed by atoms with Crippen molar-refractivity contribution >= 4 is 23.2 Å². The first kappa shape index (κ1) is 18.8. The van der Waals surface area contributed by atoms with Gasteiger partial charge in [-0.05, 0) is 54.8 Å². The van der Waals surface area contributed by atoms with Gasteiger partial charge in [-0.15, -0.1) is 0 Å². The molecule has 120 valence electrons. The highest BCUT2D eigenvalue weighted by Crippen LogP contribution is 2.30. The lowest BCUT2D eigenvalue weighted by molar-refractivity contribution is 0.222. The highest BCUT2D eigenvalue weighted by Gasteiger charge is 2.24. The van der Waals surface area contributed by atoms with Gasteiger partial charge in [0.2, 0.25) is 0 Å². The lowest BCUT2D eigenvalue weighted by Crippen LogP contribution is -2.36. The second kappa shape index (κ2) is 8.41. The lowest BCUT2D eigenvalue weighted by atomic mass is 9.78. The van der Waals surface area contributed by atoms with E-state index in [2.05, 4.69) is 39.9 Å². The van der Waals surface area contributed by atoms with Gasteiger partial charge in [0.25, 0.3) is 0 Å². The molecule has 0 saturated carbocycles. The fourth-order valence-electron chi connectivity index (χ4n) is 2.32. The van der Waals surface area contributed by atoms with E-state index in [9.17, 15) is 0 Å². The molecule has 0 aliphatic carbocycles. The van der Waals surface area contributed by atoms with Crippen LogP contribution >= 0.6 is 23.2 Å². The zero-order valence-corrected chi connectivity index (χ0v) is 15.5. The maximum atomic E-state index is 6.32. The number of nitrogens with one attached hydrogen (secondary N) is 1. The maximum Gasteiger partial charge on any atom is 0.0453 e. The van der Waals surface area contributed by atoms with E-state index < -0.39 is 0 Å².